The first-order chi connectivity index (χ1) is 6.88. The molecule has 2 aliphatic rings. The molecule has 0 aromatic carbocycles. The van der Waals surface area contributed by atoms with Crippen LogP contribution in [0.3, 0.4) is 0 Å². The minimum absolute atomic E-state index is 0.629. The van der Waals surface area contributed by atoms with Gasteiger partial charge in [0.1, 0.15) is 0 Å². The summed E-state index contributed by atoms with van der Waals surface area (Å²) in [6.07, 6.45) is 18.6. The van der Waals surface area contributed by atoms with Gasteiger partial charge in [-0.15, -0.1) is 0 Å². The standard InChI is InChI=1S/C14H18/c1-12-8-7-11-14(12)13-9-5-3-2-4-6-10-13/h2-3,7-8,10-12H,4-6,9H2,1H3/b3-2-,13-10+. The van der Waals surface area contributed by atoms with Gasteiger partial charge in [0.2, 0.25) is 0 Å². The van der Waals surface area contributed by atoms with Crippen LogP contribution in [-0.4, -0.2) is 0 Å². The number of hydrogen-bond acceptors (Lipinski definition) is 0. The average Bonchev–Trinajstić information content (AvgIpc) is 2.51. The van der Waals surface area contributed by atoms with Gasteiger partial charge in [0.05, 0.1) is 0 Å². The summed E-state index contributed by atoms with van der Waals surface area (Å²) in [4.78, 5) is 0. The van der Waals surface area contributed by atoms with E-state index in [1.54, 1.807) is 11.1 Å². The third-order valence-electron chi connectivity index (χ3n) is 3.01. The molecule has 14 heavy (non-hydrogen) atoms. The van der Waals surface area contributed by atoms with Crippen molar-refractivity contribution >= 4 is 0 Å². The lowest BCUT2D eigenvalue weighted by Crippen LogP contribution is -1.97. The maximum absolute atomic E-state index is 2.43. The Morgan fingerprint density at radius 1 is 1.14 bits per heavy atom. The Kier molecular flexibility index (Phi) is 3.03. The van der Waals surface area contributed by atoms with E-state index in [2.05, 4.69) is 43.4 Å². The van der Waals surface area contributed by atoms with Crippen LogP contribution in [0.15, 0.2) is 47.6 Å². The summed E-state index contributed by atoms with van der Waals surface area (Å²) in [6, 6.07) is 0. The monoisotopic (exact) mass is 186 g/mol. The molecule has 2 aliphatic carbocycles. The van der Waals surface area contributed by atoms with Gasteiger partial charge in [-0.1, -0.05) is 43.4 Å². The van der Waals surface area contributed by atoms with Crippen molar-refractivity contribution in [3.05, 3.63) is 47.6 Å². The highest BCUT2D eigenvalue weighted by Gasteiger charge is 2.13. The first kappa shape index (κ1) is 9.51. The molecule has 0 aromatic heterocycles. The molecule has 0 aromatic rings. The lowest BCUT2D eigenvalue weighted by Gasteiger charge is -2.14. The van der Waals surface area contributed by atoms with E-state index in [-0.39, 0.29) is 0 Å². The molecule has 0 spiro atoms. The number of allylic oxidation sites excluding steroid dienone is 8. The van der Waals surface area contributed by atoms with Gasteiger partial charge in [-0.05, 0) is 42.7 Å². The Morgan fingerprint density at radius 3 is 2.79 bits per heavy atom. The van der Waals surface area contributed by atoms with E-state index < -0.39 is 0 Å². The quantitative estimate of drug-likeness (QED) is 0.539. The first-order valence-electron chi connectivity index (χ1n) is 5.61. The number of hydrogen-bond donors (Lipinski definition) is 0. The van der Waals surface area contributed by atoms with Gasteiger partial charge in [0, 0.05) is 0 Å². The predicted octanol–water partition coefficient (Wildman–Crippen LogP) is 4.18. The van der Waals surface area contributed by atoms with Gasteiger partial charge < -0.3 is 0 Å². The summed E-state index contributed by atoms with van der Waals surface area (Å²) in [5.41, 5.74) is 3.12. The molecule has 0 heterocycles. The van der Waals surface area contributed by atoms with Crippen LogP contribution in [0.1, 0.15) is 32.6 Å². The molecule has 0 radical (unpaired) electrons. The minimum atomic E-state index is 0.629. The van der Waals surface area contributed by atoms with Gasteiger partial charge in [-0.25, -0.2) is 0 Å². The molecule has 0 aliphatic heterocycles. The van der Waals surface area contributed by atoms with Crippen molar-refractivity contribution in [3.63, 3.8) is 0 Å². The smallest absolute Gasteiger partial charge is 0.000471 e. The first-order valence-corrected chi connectivity index (χ1v) is 5.61. The van der Waals surface area contributed by atoms with Crippen molar-refractivity contribution in [2.75, 3.05) is 0 Å². The fraction of sp³-hybridized carbons (Fsp3) is 0.429. The molecule has 0 heteroatoms. The minimum Gasteiger partial charge on any atom is -0.0882 e. The van der Waals surface area contributed by atoms with Crippen LogP contribution in [0, 0.1) is 5.92 Å². The Hall–Kier alpha value is -1.04. The molecule has 0 saturated carbocycles. The lowest BCUT2D eigenvalue weighted by molar-refractivity contribution is 0.834. The fourth-order valence-electron chi connectivity index (χ4n) is 2.17. The molecule has 1 unspecified atom stereocenters. The molecular weight excluding hydrogens is 168 g/mol. The zero-order chi connectivity index (χ0) is 9.80. The summed E-state index contributed by atoms with van der Waals surface area (Å²) in [5, 5.41) is 0. The van der Waals surface area contributed by atoms with E-state index in [0.717, 1.165) is 0 Å². The van der Waals surface area contributed by atoms with Crippen LogP contribution < -0.4 is 0 Å². The van der Waals surface area contributed by atoms with E-state index in [1.165, 1.54) is 25.7 Å². The highest BCUT2D eigenvalue weighted by atomic mass is 14.2. The normalized spacial score (nSPS) is 32.8. The second-order valence-corrected chi connectivity index (χ2v) is 4.11. The van der Waals surface area contributed by atoms with E-state index >= 15 is 0 Å². The van der Waals surface area contributed by atoms with Gasteiger partial charge >= 0.3 is 0 Å². The molecule has 0 amide bonds. The van der Waals surface area contributed by atoms with Gasteiger partial charge in [-0.3, -0.25) is 0 Å². The summed E-state index contributed by atoms with van der Waals surface area (Å²) < 4.78 is 0. The van der Waals surface area contributed by atoms with Crippen LogP contribution in [0.5, 0.6) is 0 Å². The van der Waals surface area contributed by atoms with Crippen molar-refractivity contribution in [3.8, 4) is 0 Å². The van der Waals surface area contributed by atoms with E-state index in [9.17, 15) is 0 Å². The molecule has 0 fully saturated rings. The average molecular weight is 186 g/mol. The van der Waals surface area contributed by atoms with Crippen molar-refractivity contribution in [2.24, 2.45) is 5.92 Å². The molecule has 2 rings (SSSR count). The van der Waals surface area contributed by atoms with Gasteiger partial charge in [0.25, 0.3) is 0 Å². The highest BCUT2D eigenvalue weighted by molar-refractivity contribution is 5.42. The largest absolute Gasteiger partial charge is 0.0882 e. The molecule has 0 saturated heterocycles. The van der Waals surface area contributed by atoms with Crippen molar-refractivity contribution < 1.29 is 0 Å². The molecule has 0 bridgehead atoms. The second-order valence-electron chi connectivity index (χ2n) is 4.11. The summed E-state index contributed by atoms with van der Waals surface area (Å²) in [6.45, 7) is 2.28. The van der Waals surface area contributed by atoms with Gasteiger partial charge in [0.15, 0.2) is 0 Å². The summed E-state index contributed by atoms with van der Waals surface area (Å²) in [7, 11) is 0. The van der Waals surface area contributed by atoms with E-state index in [4.69, 9.17) is 0 Å². The van der Waals surface area contributed by atoms with Crippen molar-refractivity contribution in [2.45, 2.75) is 32.6 Å². The second kappa shape index (κ2) is 4.45. The third-order valence-corrected chi connectivity index (χ3v) is 3.01. The zero-order valence-electron chi connectivity index (χ0n) is 8.87. The predicted molar refractivity (Wildman–Crippen MR) is 62.1 cm³/mol. The third kappa shape index (κ3) is 2.06. The Balaban J connectivity index is 2.09. The zero-order valence-corrected chi connectivity index (χ0v) is 8.87. The van der Waals surface area contributed by atoms with Crippen LogP contribution in [0.25, 0.3) is 0 Å². The summed E-state index contributed by atoms with van der Waals surface area (Å²) in [5.74, 6) is 0.629. The maximum Gasteiger partial charge on any atom is -0.000471 e. The van der Waals surface area contributed by atoms with Crippen molar-refractivity contribution in [1.29, 1.82) is 0 Å². The molecule has 0 nitrogen and oxygen atoms in total. The molecule has 74 valence electrons. The SMILES string of the molecule is CC1C=CC=C1/C1=C/CC/C=C\CC1. The van der Waals surface area contributed by atoms with Crippen LogP contribution in [0.2, 0.25) is 0 Å². The van der Waals surface area contributed by atoms with Crippen LogP contribution >= 0.6 is 0 Å². The molecular formula is C14H18. The molecule has 1 atom stereocenters. The Morgan fingerprint density at radius 2 is 2.00 bits per heavy atom. The van der Waals surface area contributed by atoms with E-state index in [1.807, 2.05) is 0 Å². The van der Waals surface area contributed by atoms with Gasteiger partial charge in [-0.2, -0.15) is 0 Å². The maximum atomic E-state index is 2.43. The van der Waals surface area contributed by atoms with Crippen molar-refractivity contribution in [1.82, 2.24) is 0 Å². The Bertz CT molecular complexity index is 313. The van der Waals surface area contributed by atoms with Crippen LogP contribution in [0.4, 0.5) is 0 Å². The number of rotatable bonds is 1. The summed E-state index contributed by atoms with van der Waals surface area (Å²) >= 11 is 0. The topological polar surface area (TPSA) is 0 Å². The van der Waals surface area contributed by atoms with Crippen LogP contribution in [-0.2, 0) is 0 Å². The Labute approximate surface area is 86.7 Å². The fourth-order valence-corrected chi connectivity index (χ4v) is 2.17. The molecule has 0 N–H and O–H groups in total. The highest BCUT2D eigenvalue weighted by Crippen LogP contribution is 2.29. The lowest BCUT2D eigenvalue weighted by atomic mass is 9.91. The van der Waals surface area contributed by atoms with E-state index in [0.29, 0.717) is 5.92 Å².